The minimum Gasteiger partial charge on any atom is -0.550 e. The van der Waals surface area contributed by atoms with E-state index in [1.165, 1.54) is 0 Å². The minimum atomic E-state index is -1.08. The van der Waals surface area contributed by atoms with Crippen molar-refractivity contribution >= 4 is 23.9 Å². The fourth-order valence-electron chi connectivity index (χ4n) is 0. The van der Waals surface area contributed by atoms with Crippen molar-refractivity contribution in [3.63, 3.8) is 0 Å². The second-order valence-corrected chi connectivity index (χ2v) is 1.97. The number of hydrogen-bond donors (Lipinski definition) is 0. The smallest absolute Gasteiger partial charge is 0.550 e. The molecule has 110 valence electrons. The van der Waals surface area contributed by atoms with Crippen molar-refractivity contribution in [1.29, 1.82) is 0 Å². The van der Waals surface area contributed by atoms with Gasteiger partial charge >= 0.3 is 39.0 Å². The fourth-order valence-corrected chi connectivity index (χ4v) is 0. The Morgan fingerprint density at radius 3 is 0.500 bits per heavy atom. The summed E-state index contributed by atoms with van der Waals surface area (Å²) in [6, 6.07) is 0. The van der Waals surface area contributed by atoms with Crippen molar-refractivity contribution < 1.29 is 78.6 Å². The summed E-state index contributed by atoms with van der Waals surface area (Å²) in [5, 5.41) is 35.6. The van der Waals surface area contributed by atoms with Crippen LogP contribution in [0.2, 0.25) is 0 Å². The van der Waals surface area contributed by atoms with Gasteiger partial charge in [0.05, 0.1) is 0 Å². The van der Waals surface area contributed by atoms with Crippen LogP contribution in [0.4, 0.5) is 0 Å². The van der Waals surface area contributed by atoms with Gasteiger partial charge in [-0.25, -0.2) is 0 Å². The Labute approximate surface area is 130 Å². The molecule has 2 radical (unpaired) electrons. The van der Waals surface area contributed by atoms with E-state index in [4.69, 9.17) is 39.6 Å². The van der Waals surface area contributed by atoms with E-state index in [0.717, 1.165) is 27.7 Å². The number of hydrogen-bond acceptors (Lipinski definition) is 8. The fraction of sp³-hybridized carbons (Fsp3) is 0.500. The van der Waals surface area contributed by atoms with Crippen molar-refractivity contribution in [2.75, 3.05) is 0 Å². The normalized spacial score (nSPS) is 5.56. The van der Waals surface area contributed by atoms with Gasteiger partial charge in [0.25, 0.3) is 0 Å². The van der Waals surface area contributed by atoms with Crippen LogP contribution in [0.25, 0.3) is 0 Å². The standard InChI is InChI=1S/4C2H4O2.2Rh/c4*1-2(3)4;;/h4*1H3,(H,3,4);;/q;;;;2*+2/p-4. The van der Waals surface area contributed by atoms with E-state index in [0.29, 0.717) is 0 Å². The van der Waals surface area contributed by atoms with Crippen LogP contribution in [0.15, 0.2) is 0 Å². The van der Waals surface area contributed by atoms with E-state index in [-0.39, 0.29) is 39.0 Å². The number of aliphatic carboxylic acids is 4. The van der Waals surface area contributed by atoms with E-state index in [1.807, 2.05) is 0 Å². The number of carbonyl (C=O) groups excluding carboxylic acids is 4. The van der Waals surface area contributed by atoms with Gasteiger partial charge in [-0.05, 0) is 27.7 Å². The van der Waals surface area contributed by atoms with Crippen LogP contribution in [0.3, 0.4) is 0 Å². The van der Waals surface area contributed by atoms with Crippen LogP contribution in [-0.2, 0) is 58.1 Å². The summed E-state index contributed by atoms with van der Waals surface area (Å²) in [6.45, 7) is 3.89. The molecule has 0 heterocycles. The van der Waals surface area contributed by atoms with Gasteiger partial charge in [-0.2, -0.15) is 0 Å². The van der Waals surface area contributed by atoms with Gasteiger partial charge in [-0.15, -0.1) is 0 Å². The maximum Gasteiger partial charge on any atom is 2.00 e. The molecule has 0 unspecified atom stereocenters. The molecule has 0 aromatic heterocycles. The van der Waals surface area contributed by atoms with E-state index in [2.05, 4.69) is 0 Å². The summed E-state index contributed by atoms with van der Waals surface area (Å²) >= 11 is 0. The summed E-state index contributed by atoms with van der Waals surface area (Å²) in [6.07, 6.45) is 0. The number of carboxylic acids is 4. The van der Waals surface area contributed by atoms with Gasteiger partial charge in [0.15, 0.2) is 0 Å². The van der Waals surface area contributed by atoms with Gasteiger partial charge in [0, 0.05) is 23.9 Å². The van der Waals surface area contributed by atoms with E-state index in [1.54, 1.807) is 0 Å². The molecule has 0 saturated carbocycles. The van der Waals surface area contributed by atoms with Crippen LogP contribution in [0.5, 0.6) is 0 Å². The Morgan fingerprint density at radius 2 is 0.500 bits per heavy atom. The molecule has 10 heteroatoms. The maximum absolute atomic E-state index is 8.89. The Morgan fingerprint density at radius 1 is 0.500 bits per heavy atom. The van der Waals surface area contributed by atoms with Crippen LogP contribution in [0, 0.1) is 0 Å². The first-order valence-corrected chi connectivity index (χ1v) is 3.63. The van der Waals surface area contributed by atoms with Gasteiger partial charge in [-0.3, -0.25) is 0 Å². The van der Waals surface area contributed by atoms with Crippen molar-refractivity contribution in [1.82, 2.24) is 0 Å². The molecule has 0 atom stereocenters. The molecule has 0 aliphatic rings. The summed E-state index contributed by atoms with van der Waals surface area (Å²) in [4.78, 5) is 35.6. The third-order valence-electron chi connectivity index (χ3n) is 0. The molecule has 0 N–H and O–H groups in total. The topological polar surface area (TPSA) is 161 Å². The zero-order chi connectivity index (χ0) is 14.3. The molecule has 0 aromatic carbocycles. The molecule has 0 rings (SSSR count). The molecule has 8 nitrogen and oxygen atoms in total. The average molecular weight is 442 g/mol. The van der Waals surface area contributed by atoms with E-state index < -0.39 is 23.9 Å². The van der Waals surface area contributed by atoms with Crippen molar-refractivity contribution in [3.8, 4) is 0 Å². The number of carbonyl (C=O) groups is 4. The third-order valence-corrected chi connectivity index (χ3v) is 0. The molecule has 0 spiro atoms. The number of rotatable bonds is 0. The molecular formula is C8H12O8Rh2. The first-order valence-electron chi connectivity index (χ1n) is 3.63. The predicted molar refractivity (Wildman–Crippen MR) is 42.7 cm³/mol. The first-order chi connectivity index (χ1) is 6.93. The SMILES string of the molecule is CC(=O)[O-].CC(=O)[O-].CC(=O)[O-].CC(=O)[O-].[Rh+2].[Rh+2]. The van der Waals surface area contributed by atoms with E-state index in [9.17, 15) is 0 Å². The van der Waals surface area contributed by atoms with Gasteiger partial charge in [0.2, 0.25) is 0 Å². The Bertz CT molecular complexity index is 165. The summed E-state index contributed by atoms with van der Waals surface area (Å²) in [7, 11) is 0. The Hall–Kier alpha value is -0.873. The Balaban J connectivity index is -0.0000000257. The van der Waals surface area contributed by atoms with Crippen molar-refractivity contribution in [2.24, 2.45) is 0 Å². The van der Waals surface area contributed by atoms with Gasteiger partial charge in [0.1, 0.15) is 0 Å². The van der Waals surface area contributed by atoms with Crippen LogP contribution >= 0.6 is 0 Å². The monoisotopic (exact) mass is 442 g/mol. The molecule has 0 aliphatic heterocycles. The molecule has 0 saturated heterocycles. The van der Waals surface area contributed by atoms with Crippen LogP contribution in [-0.4, -0.2) is 23.9 Å². The van der Waals surface area contributed by atoms with Crippen LogP contribution in [0.1, 0.15) is 27.7 Å². The third kappa shape index (κ3) is 3960. The van der Waals surface area contributed by atoms with Crippen molar-refractivity contribution in [3.05, 3.63) is 0 Å². The zero-order valence-corrected chi connectivity index (χ0v) is 13.2. The second-order valence-electron chi connectivity index (χ2n) is 1.97. The quantitative estimate of drug-likeness (QED) is 0.337. The predicted octanol–water partition coefficient (Wildman–Crippen LogP) is -4.98. The second kappa shape index (κ2) is 29.8. The summed E-state index contributed by atoms with van der Waals surface area (Å²) in [5.74, 6) is -4.33. The average Bonchev–Trinajstić information content (AvgIpc) is 1.76. The largest absolute Gasteiger partial charge is 2.00 e. The van der Waals surface area contributed by atoms with Crippen molar-refractivity contribution in [2.45, 2.75) is 27.7 Å². The van der Waals surface area contributed by atoms with Crippen LogP contribution < -0.4 is 20.4 Å². The molecule has 18 heavy (non-hydrogen) atoms. The molecule has 0 amide bonds. The molecule has 0 fully saturated rings. The molecular weight excluding hydrogens is 430 g/mol. The Kier molecular flexibility index (Phi) is 59.6. The number of carboxylic acid groups (broad SMARTS) is 4. The molecule has 0 aromatic rings. The first kappa shape index (κ1) is 36.0. The minimum absolute atomic E-state index is 0. The maximum atomic E-state index is 8.89. The van der Waals surface area contributed by atoms with Gasteiger partial charge in [-0.1, -0.05) is 0 Å². The summed E-state index contributed by atoms with van der Waals surface area (Å²) < 4.78 is 0. The molecule has 0 aliphatic carbocycles. The molecule has 0 bridgehead atoms. The zero-order valence-electron chi connectivity index (χ0n) is 9.93. The van der Waals surface area contributed by atoms with E-state index >= 15 is 0 Å². The van der Waals surface area contributed by atoms with Gasteiger partial charge < -0.3 is 39.6 Å². The summed E-state index contributed by atoms with van der Waals surface area (Å²) in [5.41, 5.74) is 0.